The number of fused-ring (bicyclic) bond motifs is 2. The Morgan fingerprint density at radius 1 is 0.943 bits per heavy atom. The van der Waals surface area contributed by atoms with Crippen LogP contribution in [0.15, 0.2) is 42.7 Å². The maximum atomic E-state index is 9.54. The first-order valence-electron chi connectivity index (χ1n) is 12.5. The normalized spacial score (nSPS) is 25.1. The third-order valence-corrected chi connectivity index (χ3v) is 7.68. The standard InChI is InChI=1S/C26H31N9/c1-18-14-34(23-5-4-19(13-27)25-22(23)3-2-8-29-25)17-21-16-33(11-12-35(18)21)26-30-9-6-24(31-26)32-10-7-20(28)15-32/h2-6,8-9,18,20-21H,7,10-12,14-17,28H2,1H3/t18-,20+,21+/m1/s1. The van der Waals surface area contributed by atoms with Crippen LogP contribution in [-0.4, -0.2) is 83.8 Å². The highest BCUT2D eigenvalue weighted by Gasteiger charge is 2.37. The average molecular weight is 470 g/mol. The Hall–Kier alpha value is -3.48. The number of aromatic nitrogens is 3. The van der Waals surface area contributed by atoms with Crippen LogP contribution < -0.4 is 20.4 Å². The highest BCUT2D eigenvalue weighted by atomic mass is 15.4. The van der Waals surface area contributed by atoms with E-state index in [1.54, 1.807) is 6.20 Å². The summed E-state index contributed by atoms with van der Waals surface area (Å²) in [5.74, 6) is 1.78. The molecule has 0 saturated carbocycles. The molecular weight excluding hydrogens is 438 g/mol. The summed E-state index contributed by atoms with van der Waals surface area (Å²) in [5, 5.41) is 10.6. The SMILES string of the molecule is C[C@@H]1CN(c2ccc(C#N)c3ncccc23)C[C@@H]2CN(c3nccc(N4CC[C@H](N)C4)n3)CCN21. The highest BCUT2D eigenvalue weighted by molar-refractivity contribution is 5.95. The molecule has 0 amide bonds. The van der Waals surface area contributed by atoms with Gasteiger partial charge in [0.1, 0.15) is 11.9 Å². The molecular formula is C26H31N9. The minimum Gasteiger partial charge on any atom is -0.368 e. The van der Waals surface area contributed by atoms with Gasteiger partial charge in [0, 0.05) is 87.4 Å². The number of rotatable bonds is 3. The van der Waals surface area contributed by atoms with Crippen LogP contribution in [0.1, 0.15) is 18.9 Å². The van der Waals surface area contributed by atoms with E-state index in [2.05, 4.69) is 54.7 Å². The Balaban J connectivity index is 1.24. The lowest BCUT2D eigenvalue weighted by molar-refractivity contribution is 0.108. The molecule has 9 heteroatoms. The van der Waals surface area contributed by atoms with Crippen molar-refractivity contribution >= 4 is 28.4 Å². The maximum absolute atomic E-state index is 9.54. The van der Waals surface area contributed by atoms with Crippen molar-refractivity contribution in [3.05, 3.63) is 48.3 Å². The van der Waals surface area contributed by atoms with Crippen molar-refractivity contribution in [2.45, 2.75) is 31.5 Å². The van der Waals surface area contributed by atoms with Gasteiger partial charge in [-0.2, -0.15) is 10.2 Å². The predicted molar refractivity (Wildman–Crippen MR) is 138 cm³/mol. The summed E-state index contributed by atoms with van der Waals surface area (Å²) in [4.78, 5) is 23.7. The first-order chi connectivity index (χ1) is 17.1. The number of nitrogens with zero attached hydrogens (tertiary/aromatic N) is 8. The smallest absolute Gasteiger partial charge is 0.227 e. The van der Waals surface area contributed by atoms with Gasteiger partial charge < -0.3 is 20.4 Å². The molecule has 2 aromatic heterocycles. The molecule has 1 aromatic carbocycles. The van der Waals surface area contributed by atoms with E-state index < -0.39 is 0 Å². The van der Waals surface area contributed by atoms with Crippen LogP contribution in [0.5, 0.6) is 0 Å². The number of hydrogen-bond acceptors (Lipinski definition) is 9. The van der Waals surface area contributed by atoms with Gasteiger partial charge in [-0.3, -0.25) is 9.88 Å². The molecule has 3 aliphatic rings. The topological polar surface area (TPSA) is 101 Å². The van der Waals surface area contributed by atoms with Gasteiger partial charge in [-0.25, -0.2) is 4.98 Å². The third kappa shape index (κ3) is 4.03. The van der Waals surface area contributed by atoms with Crippen molar-refractivity contribution in [2.24, 2.45) is 5.73 Å². The lowest BCUT2D eigenvalue weighted by Gasteiger charge is -2.51. The maximum Gasteiger partial charge on any atom is 0.227 e. The van der Waals surface area contributed by atoms with Gasteiger partial charge in [0.05, 0.1) is 11.1 Å². The molecule has 0 bridgehead atoms. The van der Waals surface area contributed by atoms with E-state index in [-0.39, 0.29) is 6.04 Å². The number of hydrogen-bond donors (Lipinski definition) is 1. The molecule has 0 aliphatic carbocycles. The molecule has 3 aromatic rings. The van der Waals surface area contributed by atoms with E-state index >= 15 is 0 Å². The largest absolute Gasteiger partial charge is 0.368 e. The van der Waals surface area contributed by atoms with Crippen molar-refractivity contribution in [1.82, 2.24) is 19.9 Å². The number of nitriles is 1. The van der Waals surface area contributed by atoms with Crippen LogP contribution in [0.25, 0.3) is 10.9 Å². The molecule has 3 fully saturated rings. The Bertz CT molecular complexity index is 1270. The van der Waals surface area contributed by atoms with Crippen molar-refractivity contribution in [1.29, 1.82) is 5.26 Å². The fourth-order valence-corrected chi connectivity index (χ4v) is 5.93. The number of nitrogens with two attached hydrogens (primary N) is 1. The zero-order valence-electron chi connectivity index (χ0n) is 20.1. The molecule has 6 rings (SSSR count). The van der Waals surface area contributed by atoms with Crippen LogP contribution in [0.2, 0.25) is 0 Å². The molecule has 5 heterocycles. The van der Waals surface area contributed by atoms with E-state index in [4.69, 9.17) is 10.7 Å². The van der Waals surface area contributed by atoms with E-state index in [1.165, 1.54) is 0 Å². The van der Waals surface area contributed by atoms with Crippen molar-refractivity contribution in [3.8, 4) is 6.07 Å². The van der Waals surface area contributed by atoms with Crippen LogP contribution in [0.4, 0.5) is 17.5 Å². The Labute approximate surface area is 205 Å². The zero-order chi connectivity index (χ0) is 23.9. The molecule has 3 aliphatic heterocycles. The number of anilines is 3. The second-order valence-corrected chi connectivity index (χ2v) is 9.94. The van der Waals surface area contributed by atoms with E-state index in [9.17, 15) is 5.26 Å². The fraction of sp³-hybridized carbons (Fsp3) is 0.462. The van der Waals surface area contributed by atoms with E-state index in [0.717, 1.165) is 80.6 Å². The molecule has 35 heavy (non-hydrogen) atoms. The van der Waals surface area contributed by atoms with Gasteiger partial charge >= 0.3 is 0 Å². The molecule has 0 radical (unpaired) electrons. The Morgan fingerprint density at radius 3 is 2.66 bits per heavy atom. The van der Waals surface area contributed by atoms with Gasteiger partial charge in [0.25, 0.3) is 0 Å². The number of pyridine rings is 1. The molecule has 180 valence electrons. The van der Waals surface area contributed by atoms with Gasteiger partial charge in [-0.05, 0) is 43.7 Å². The second-order valence-electron chi connectivity index (χ2n) is 9.94. The summed E-state index contributed by atoms with van der Waals surface area (Å²) >= 11 is 0. The van der Waals surface area contributed by atoms with Gasteiger partial charge in [0.15, 0.2) is 0 Å². The number of benzene rings is 1. The van der Waals surface area contributed by atoms with Crippen LogP contribution >= 0.6 is 0 Å². The van der Waals surface area contributed by atoms with Gasteiger partial charge in [-0.15, -0.1) is 0 Å². The molecule has 2 N–H and O–H groups in total. The summed E-state index contributed by atoms with van der Waals surface area (Å²) < 4.78 is 0. The van der Waals surface area contributed by atoms with Crippen molar-refractivity contribution in [3.63, 3.8) is 0 Å². The average Bonchev–Trinajstić information content (AvgIpc) is 3.34. The first-order valence-corrected chi connectivity index (χ1v) is 12.5. The Morgan fingerprint density at radius 2 is 1.83 bits per heavy atom. The number of piperazine rings is 2. The molecule has 3 saturated heterocycles. The summed E-state index contributed by atoms with van der Waals surface area (Å²) in [6, 6.07) is 13.3. The van der Waals surface area contributed by atoms with Gasteiger partial charge in [-0.1, -0.05) is 0 Å². The quantitative estimate of drug-likeness (QED) is 0.615. The summed E-state index contributed by atoms with van der Waals surface area (Å²) in [5.41, 5.74) is 8.67. The first kappa shape index (κ1) is 22.0. The lowest BCUT2D eigenvalue weighted by atomic mass is 10.0. The summed E-state index contributed by atoms with van der Waals surface area (Å²) in [6.45, 7) is 8.79. The minimum atomic E-state index is 0.222. The summed E-state index contributed by atoms with van der Waals surface area (Å²) in [6.07, 6.45) is 4.64. The molecule has 9 nitrogen and oxygen atoms in total. The van der Waals surface area contributed by atoms with Crippen LogP contribution in [0.3, 0.4) is 0 Å². The van der Waals surface area contributed by atoms with Crippen LogP contribution in [0, 0.1) is 11.3 Å². The molecule has 0 spiro atoms. The highest BCUT2D eigenvalue weighted by Crippen LogP contribution is 2.32. The Kier molecular flexibility index (Phi) is 5.63. The van der Waals surface area contributed by atoms with E-state index in [0.29, 0.717) is 17.6 Å². The molecule has 0 unspecified atom stereocenters. The van der Waals surface area contributed by atoms with Crippen LogP contribution in [-0.2, 0) is 0 Å². The van der Waals surface area contributed by atoms with Crippen molar-refractivity contribution in [2.75, 3.05) is 60.5 Å². The second kappa shape index (κ2) is 8.95. The fourth-order valence-electron chi connectivity index (χ4n) is 5.93. The zero-order valence-corrected chi connectivity index (χ0v) is 20.1. The van der Waals surface area contributed by atoms with Crippen molar-refractivity contribution < 1.29 is 0 Å². The minimum absolute atomic E-state index is 0.222. The van der Waals surface area contributed by atoms with Gasteiger partial charge in [0.2, 0.25) is 5.95 Å². The lowest BCUT2D eigenvalue weighted by Crippen LogP contribution is -2.65. The molecule has 3 atom stereocenters. The monoisotopic (exact) mass is 469 g/mol. The summed E-state index contributed by atoms with van der Waals surface area (Å²) in [7, 11) is 0. The third-order valence-electron chi connectivity index (χ3n) is 7.68. The predicted octanol–water partition coefficient (Wildman–Crippen LogP) is 1.83. The van der Waals surface area contributed by atoms with E-state index in [1.807, 2.05) is 24.4 Å².